The second kappa shape index (κ2) is 6.53. The normalized spacial score (nSPS) is 18.7. The number of rotatable bonds is 4. The van der Waals surface area contributed by atoms with Crippen LogP contribution in [0.5, 0.6) is 0 Å². The molecule has 4 heterocycles. The van der Waals surface area contributed by atoms with Gasteiger partial charge >= 0.3 is 11.9 Å². The molecule has 156 valence electrons. The van der Waals surface area contributed by atoms with Crippen LogP contribution in [0.25, 0.3) is 22.3 Å². The van der Waals surface area contributed by atoms with Crippen LogP contribution in [0.15, 0.2) is 53.5 Å². The van der Waals surface area contributed by atoms with Crippen molar-refractivity contribution in [3.63, 3.8) is 0 Å². The number of carboxylic acids is 1. The van der Waals surface area contributed by atoms with Crippen LogP contribution in [0.3, 0.4) is 0 Å². The number of pyridine rings is 2. The molecular formula is C23H18N2O6. The fourth-order valence-electron chi connectivity index (χ4n) is 4.34. The van der Waals surface area contributed by atoms with Gasteiger partial charge in [-0.3, -0.25) is 4.79 Å². The highest BCUT2D eigenvalue weighted by Gasteiger charge is 2.50. The van der Waals surface area contributed by atoms with E-state index in [1.165, 1.54) is 0 Å². The zero-order chi connectivity index (χ0) is 21.9. The van der Waals surface area contributed by atoms with Gasteiger partial charge in [0.15, 0.2) is 5.76 Å². The van der Waals surface area contributed by atoms with Crippen molar-refractivity contribution in [1.82, 2.24) is 9.55 Å². The Kier molecular flexibility index (Phi) is 4.01. The van der Waals surface area contributed by atoms with E-state index in [4.69, 9.17) is 14.5 Å². The van der Waals surface area contributed by atoms with Gasteiger partial charge in [0.25, 0.3) is 5.56 Å². The first-order valence-corrected chi connectivity index (χ1v) is 9.80. The summed E-state index contributed by atoms with van der Waals surface area (Å²) in [6.07, 6.45) is 0.0615. The summed E-state index contributed by atoms with van der Waals surface area (Å²) < 4.78 is 12.4. The van der Waals surface area contributed by atoms with Gasteiger partial charge in [-0.15, -0.1) is 0 Å². The minimum absolute atomic E-state index is 0.0615. The van der Waals surface area contributed by atoms with Crippen molar-refractivity contribution in [2.24, 2.45) is 0 Å². The molecule has 0 radical (unpaired) electrons. The summed E-state index contributed by atoms with van der Waals surface area (Å²) in [6, 6.07) is 11.4. The number of benzene rings is 1. The first kappa shape index (κ1) is 19.0. The number of hydrogen-bond donors (Lipinski definition) is 1. The lowest BCUT2D eigenvalue weighted by Crippen LogP contribution is -2.46. The van der Waals surface area contributed by atoms with Crippen LogP contribution in [0.4, 0.5) is 0 Å². The maximum absolute atomic E-state index is 13.3. The predicted octanol–water partition coefficient (Wildman–Crippen LogP) is 2.70. The van der Waals surface area contributed by atoms with Crippen molar-refractivity contribution in [1.29, 1.82) is 0 Å². The summed E-state index contributed by atoms with van der Waals surface area (Å²) >= 11 is 0. The number of nitrogens with zero attached hydrogens (tertiary/aromatic N) is 2. The summed E-state index contributed by atoms with van der Waals surface area (Å²) in [4.78, 5) is 42.2. The number of ether oxygens (including phenoxy) is 2. The molecule has 8 nitrogen and oxygen atoms in total. The number of carbonyl (C=O) groups is 2. The summed E-state index contributed by atoms with van der Waals surface area (Å²) in [7, 11) is 0. The molecule has 0 unspecified atom stereocenters. The van der Waals surface area contributed by atoms with E-state index < -0.39 is 23.3 Å². The maximum atomic E-state index is 13.3. The van der Waals surface area contributed by atoms with E-state index in [0.29, 0.717) is 23.5 Å². The smallest absolute Gasteiger partial charge is 0.370 e. The van der Waals surface area contributed by atoms with Gasteiger partial charge in [0.1, 0.15) is 6.61 Å². The number of aromatic nitrogens is 2. The van der Waals surface area contributed by atoms with E-state index in [1.54, 1.807) is 17.6 Å². The van der Waals surface area contributed by atoms with Crippen molar-refractivity contribution in [3.8, 4) is 11.4 Å². The van der Waals surface area contributed by atoms with Crippen LogP contribution in [-0.2, 0) is 37.8 Å². The molecule has 0 bridgehead atoms. The number of para-hydroxylation sites is 1. The van der Waals surface area contributed by atoms with Gasteiger partial charge in [0.05, 0.1) is 29.0 Å². The zero-order valence-electron chi connectivity index (χ0n) is 16.7. The quantitative estimate of drug-likeness (QED) is 0.308. The van der Waals surface area contributed by atoms with E-state index in [-0.39, 0.29) is 24.2 Å². The third-order valence-electron chi connectivity index (χ3n) is 5.92. The molecule has 0 aliphatic carbocycles. The highest BCUT2D eigenvalue weighted by Crippen LogP contribution is 2.41. The minimum Gasteiger partial charge on any atom is -0.475 e. The number of carboxylic acid groups (broad SMARTS) is 1. The standard InChI is InChI=1S/C23H18N2O6/c1-3-23(31-12(2)21(27)28)16-9-18-19-14(8-13-6-4-5-7-17(13)24-19)10-25(18)20(26)15(16)11-30-22(23)29/h4-9H,2-3,10-11H2,1H3,(H,27,28)/t23-/m0/s1. The Bertz CT molecular complexity index is 1370. The Labute approximate surface area is 176 Å². The van der Waals surface area contributed by atoms with Crippen molar-refractivity contribution in [2.45, 2.75) is 32.1 Å². The molecule has 2 aliphatic heterocycles. The molecule has 1 atom stereocenters. The second-order valence-corrected chi connectivity index (χ2v) is 7.59. The monoisotopic (exact) mass is 418 g/mol. The lowest BCUT2D eigenvalue weighted by Gasteiger charge is -2.36. The summed E-state index contributed by atoms with van der Waals surface area (Å²) in [6.45, 7) is 5.20. The number of hydrogen-bond acceptors (Lipinski definition) is 6. The van der Waals surface area contributed by atoms with E-state index in [0.717, 1.165) is 16.5 Å². The maximum Gasteiger partial charge on any atom is 0.370 e. The Balaban J connectivity index is 1.76. The van der Waals surface area contributed by atoms with Gasteiger partial charge in [-0.2, -0.15) is 0 Å². The number of cyclic esters (lactones) is 1. The number of aliphatic carboxylic acids is 1. The third-order valence-corrected chi connectivity index (χ3v) is 5.92. The highest BCUT2D eigenvalue weighted by molar-refractivity contribution is 5.88. The average Bonchev–Trinajstić information content (AvgIpc) is 3.12. The van der Waals surface area contributed by atoms with Crippen LogP contribution in [0.1, 0.15) is 30.0 Å². The molecule has 5 rings (SSSR count). The van der Waals surface area contributed by atoms with Crippen molar-refractivity contribution < 1.29 is 24.2 Å². The van der Waals surface area contributed by atoms with Gasteiger partial charge in [-0.25, -0.2) is 14.6 Å². The number of fused-ring (bicyclic) bond motifs is 5. The van der Waals surface area contributed by atoms with Crippen LogP contribution in [0.2, 0.25) is 0 Å². The molecule has 0 saturated carbocycles. The van der Waals surface area contributed by atoms with Crippen molar-refractivity contribution >= 4 is 22.8 Å². The Hall–Kier alpha value is -3.94. The average molecular weight is 418 g/mol. The Morgan fingerprint density at radius 1 is 1.32 bits per heavy atom. The topological polar surface area (TPSA) is 108 Å². The second-order valence-electron chi connectivity index (χ2n) is 7.59. The third kappa shape index (κ3) is 2.61. The van der Waals surface area contributed by atoms with E-state index in [1.807, 2.05) is 30.3 Å². The molecule has 3 aromatic rings. The Morgan fingerprint density at radius 2 is 2.10 bits per heavy atom. The highest BCUT2D eigenvalue weighted by atomic mass is 16.6. The predicted molar refractivity (Wildman–Crippen MR) is 110 cm³/mol. The molecule has 0 saturated heterocycles. The molecular weight excluding hydrogens is 400 g/mol. The molecule has 0 amide bonds. The number of carbonyl (C=O) groups excluding carboxylic acids is 1. The van der Waals surface area contributed by atoms with Crippen molar-refractivity contribution in [3.05, 3.63) is 75.8 Å². The van der Waals surface area contributed by atoms with Gasteiger partial charge in [0, 0.05) is 16.5 Å². The van der Waals surface area contributed by atoms with Crippen LogP contribution >= 0.6 is 0 Å². The van der Waals surface area contributed by atoms with E-state index in [9.17, 15) is 19.5 Å². The molecule has 2 aromatic heterocycles. The lowest BCUT2D eigenvalue weighted by atomic mass is 9.85. The van der Waals surface area contributed by atoms with Gasteiger partial charge in [-0.05, 0) is 31.2 Å². The van der Waals surface area contributed by atoms with E-state index >= 15 is 0 Å². The van der Waals surface area contributed by atoms with Crippen LogP contribution in [-0.4, -0.2) is 26.6 Å². The SMILES string of the molecule is C=C(O[C@]1(CC)C(=O)OCc2c1cc1n(c2=O)Cc2cc3ccccc3nc2-1)C(=O)O. The molecule has 1 N–H and O–H groups in total. The van der Waals surface area contributed by atoms with Crippen LogP contribution < -0.4 is 5.56 Å². The first-order chi connectivity index (χ1) is 14.9. The molecule has 1 aromatic carbocycles. The Morgan fingerprint density at radius 3 is 2.84 bits per heavy atom. The number of esters is 1. The summed E-state index contributed by atoms with van der Waals surface area (Å²) in [5.74, 6) is -2.75. The first-order valence-electron chi connectivity index (χ1n) is 9.80. The lowest BCUT2D eigenvalue weighted by molar-refractivity contribution is -0.177. The van der Waals surface area contributed by atoms with Gasteiger partial charge in [0.2, 0.25) is 5.60 Å². The van der Waals surface area contributed by atoms with Crippen LogP contribution in [0, 0.1) is 0 Å². The van der Waals surface area contributed by atoms with Gasteiger partial charge < -0.3 is 19.1 Å². The largest absolute Gasteiger partial charge is 0.475 e. The van der Waals surface area contributed by atoms with Gasteiger partial charge in [-0.1, -0.05) is 25.1 Å². The van der Waals surface area contributed by atoms with E-state index in [2.05, 4.69) is 6.58 Å². The fourth-order valence-corrected chi connectivity index (χ4v) is 4.34. The molecule has 0 fully saturated rings. The summed E-state index contributed by atoms with van der Waals surface area (Å²) in [5, 5.41) is 10.2. The zero-order valence-corrected chi connectivity index (χ0v) is 16.7. The molecule has 31 heavy (non-hydrogen) atoms. The molecule has 0 spiro atoms. The molecule has 2 aliphatic rings. The minimum atomic E-state index is -1.77. The van der Waals surface area contributed by atoms with Crippen molar-refractivity contribution in [2.75, 3.05) is 0 Å². The fraction of sp³-hybridized carbons (Fsp3) is 0.217. The summed E-state index contributed by atoms with van der Waals surface area (Å²) in [5.41, 5.74) is 1.37. The molecule has 8 heteroatoms.